The summed E-state index contributed by atoms with van der Waals surface area (Å²) in [7, 11) is 0. The van der Waals surface area contributed by atoms with Crippen LogP contribution in [-0.2, 0) is 15.0 Å². The first-order chi connectivity index (χ1) is 17.4. The van der Waals surface area contributed by atoms with Crippen molar-refractivity contribution in [2.75, 3.05) is 4.90 Å². The smallest absolute Gasteiger partial charge is 0.300 e. The van der Waals surface area contributed by atoms with Crippen molar-refractivity contribution >= 4 is 34.7 Å². The van der Waals surface area contributed by atoms with Crippen LogP contribution in [0, 0.1) is 6.92 Å². The van der Waals surface area contributed by atoms with Crippen LogP contribution in [0.4, 0.5) is 5.69 Å². The van der Waals surface area contributed by atoms with Crippen LogP contribution in [0.5, 0.6) is 5.75 Å². The standard InChI is InChI=1S/C31H32ClNO4/c1-18(2)37-24-9-7-8-21(16-24)28(34)26-27(20-11-13-22(14-12-20)31(4,5)6)33(30(36)29(26)35)23-15-10-19(3)25(32)17-23/h7-18,27,34H,1-6H3/b28-26+. The number of Topliss-reactive ketones (excluding diaryl/α,β-unsaturated/α-hetero) is 1. The van der Waals surface area contributed by atoms with E-state index in [2.05, 4.69) is 20.8 Å². The van der Waals surface area contributed by atoms with Gasteiger partial charge < -0.3 is 9.84 Å². The van der Waals surface area contributed by atoms with Crippen LogP contribution in [0.2, 0.25) is 5.02 Å². The second-order valence-corrected chi connectivity index (χ2v) is 11.1. The van der Waals surface area contributed by atoms with Gasteiger partial charge in [0.15, 0.2) is 0 Å². The van der Waals surface area contributed by atoms with Crippen LogP contribution in [0.3, 0.4) is 0 Å². The van der Waals surface area contributed by atoms with E-state index in [1.54, 1.807) is 36.4 Å². The number of aryl methyl sites for hydroxylation is 1. The van der Waals surface area contributed by atoms with E-state index < -0.39 is 17.7 Å². The van der Waals surface area contributed by atoms with Gasteiger partial charge in [0.2, 0.25) is 0 Å². The normalized spacial score (nSPS) is 17.5. The molecule has 1 heterocycles. The van der Waals surface area contributed by atoms with Gasteiger partial charge in [-0.2, -0.15) is 0 Å². The predicted octanol–water partition coefficient (Wildman–Crippen LogP) is 7.36. The molecule has 37 heavy (non-hydrogen) atoms. The minimum Gasteiger partial charge on any atom is -0.507 e. The van der Waals surface area contributed by atoms with Gasteiger partial charge in [-0.3, -0.25) is 14.5 Å². The van der Waals surface area contributed by atoms with Crippen molar-refractivity contribution in [3.63, 3.8) is 0 Å². The van der Waals surface area contributed by atoms with Crippen molar-refractivity contribution in [1.82, 2.24) is 0 Å². The fraction of sp³-hybridized carbons (Fsp3) is 0.290. The van der Waals surface area contributed by atoms with Crippen molar-refractivity contribution in [2.24, 2.45) is 0 Å². The van der Waals surface area contributed by atoms with E-state index in [1.165, 1.54) is 4.90 Å². The third-order valence-corrected chi connectivity index (χ3v) is 6.86. The minimum absolute atomic E-state index is 0.0203. The summed E-state index contributed by atoms with van der Waals surface area (Å²) in [5.41, 5.74) is 3.52. The summed E-state index contributed by atoms with van der Waals surface area (Å²) in [6.45, 7) is 12.0. The molecule has 1 saturated heterocycles. The van der Waals surface area contributed by atoms with Gasteiger partial charge in [-0.15, -0.1) is 0 Å². The molecule has 1 aliphatic heterocycles. The summed E-state index contributed by atoms with van der Waals surface area (Å²) >= 11 is 6.40. The molecule has 192 valence electrons. The van der Waals surface area contributed by atoms with Gasteiger partial charge in [0.25, 0.3) is 11.7 Å². The lowest BCUT2D eigenvalue weighted by Crippen LogP contribution is -2.29. The molecular formula is C31H32ClNO4. The molecule has 1 aliphatic rings. The number of carbonyl (C=O) groups is 2. The Kier molecular flexibility index (Phi) is 7.20. The molecule has 1 unspecified atom stereocenters. The van der Waals surface area contributed by atoms with Gasteiger partial charge in [-0.25, -0.2) is 0 Å². The Labute approximate surface area is 223 Å². The van der Waals surface area contributed by atoms with Gasteiger partial charge >= 0.3 is 0 Å². The van der Waals surface area contributed by atoms with Crippen LogP contribution in [0.15, 0.2) is 72.3 Å². The maximum atomic E-state index is 13.5. The van der Waals surface area contributed by atoms with Crippen molar-refractivity contribution in [3.8, 4) is 5.75 Å². The zero-order chi connectivity index (χ0) is 27.1. The second-order valence-electron chi connectivity index (χ2n) is 10.7. The lowest BCUT2D eigenvalue weighted by Gasteiger charge is -2.27. The monoisotopic (exact) mass is 517 g/mol. The molecule has 0 saturated carbocycles. The first-order valence-electron chi connectivity index (χ1n) is 12.3. The van der Waals surface area contributed by atoms with E-state index in [-0.39, 0.29) is 22.9 Å². The van der Waals surface area contributed by atoms with Crippen molar-refractivity contribution < 1.29 is 19.4 Å². The summed E-state index contributed by atoms with van der Waals surface area (Å²) in [6, 6.07) is 19.1. The highest BCUT2D eigenvalue weighted by atomic mass is 35.5. The molecule has 1 atom stereocenters. The van der Waals surface area contributed by atoms with Crippen LogP contribution in [0.1, 0.15) is 62.9 Å². The lowest BCUT2D eigenvalue weighted by atomic mass is 9.85. The Morgan fingerprint density at radius 1 is 1.00 bits per heavy atom. The number of benzene rings is 3. The van der Waals surface area contributed by atoms with Crippen molar-refractivity contribution in [3.05, 3.63) is 99.6 Å². The van der Waals surface area contributed by atoms with Crippen LogP contribution >= 0.6 is 11.6 Å². The number of nitrogens with zero attached hydrogens (tertiary/aromatic N) is 1. The zero-order valence-electron chi connectivity index (χ0n) is 22.0. The fourth-order valence-corrected chi connectivity index (χ4v) is 4.63. The summed E-state index contributed by atoms with van der Waals surface area (Å²) in [5, 5.41) is 11.9. The summed E-state index contributed by atoms with van der Waals surface area (Å²) in [4.78, 5) is 28.3. The molecular weight excluding hydrogens is 486 g/mol. The lowest BCUT2D eigenvalue weighted by molar-refractivity contribution is -0.132. The zero-order valence-corrected chi connectivity index (χ0v) is 22.8. The van der Waals surface area contributed by atoms with Crippen LogP contribution < -0.4 is 9.64 Å². The predicted molar refractivity (Wildman–Crippen MR) is 148 cm³/mol. The average molecular weight is 518 g/mol. The highest BCUT2D eigenvalue weighted by molar-refractivity contribution is 6.51. The van der Waals surface area contributed by atoms with E-state index in [1.807, 2.05) is 51.1 Å². The highest BCUT2D eigenvalue weighted by Crippen LogP contribution is 2.43. The molecule has 3 aromatic carbocycles. The molecule has 6 heteroatoms. The third-order valence-electron chi connectivity index (χ3n) is 6.45. The number of aliphatic hydroxyl groups excluding tert-OH is 1. The highest BCUT2D eigenvalue weighted by Gasteiger charge is 2.47. The second kappa shape index (κ2) is 10.1. The number of ketones is 1. The van der Waals surface area contributed by atoms with Gasteiger partial charge in [-0.1, -0.05) is 74.8 Å². The Balaban J connectivity index is 1.92. The summed E-state index contributed by atoms with van der Waals surface area (Å²) < 4.78 is 5.78. The number of carbonyl (C=O) groups excluding carboxylic acids is 2. The maximum Gasteiger partial charge on any atom is 0.300 e. The minimum atomic E-state index is -0.831. The quantitative estimate of drug-likeness (QED) is 0.218. The molecule has 0 aliphatic carbocycles. The molecule has 0 aromatic heterocycles. The number of ether oxygens (including phenoxy) is 1. The molecule has 0 spiro atoms. The first kappa shape index (κ1) is 26.5. The van der Waals surface area contributed by atoms with E-state index in [9.17, 15) is 14.7 Å². The van der Waals surface area contributed by atoms with Gasteiger partial charge in [0.05, 0.1) is 17.7 Å². The number of anilines is 1. The number of halogens is 1. The largest absolute Gasteiger partial charge is 0.507 e. The summed E-state index contributed by atoms with van der Waals surface area (Å²) in [5.74, 6) is -1.17. The Morgan fingerprint density at radius 3 is 2.27 bits per heavy atom. The maximum absolute atomic E-state index is 13.5. The number of aliphatic hydroxyl groups is 1. The van der Waals surface area contributed by atoms with Gasteiger partial charge in [-0.05, 0) is 67.1 Å². The summed E-state index contributed by atoms with van der Waals surface area (Å²) in [6.07, 6.45) is -0.0596. The van der Waals surface area contributed by atoms with Gasteiger partial charge in [0.1, 0.15) is 11.5 Å². The molecule has 5 nitrogen and oxygen atoms in total. The third kappa shape index (κ3) is 5.28. The first-order valence-corrected chi connectivity index (χ1v) is 12.7. The molecule has 1 fully saturated rings. The van der Waals surface area contributed by atoms with Gasteiger partial charge in [0, 0.05) is 16.3 Å². The Bertz CT molecular complexity index is 1380. The van der Waals surface area contributed by atoms with Crippen molar-refractivity contribution in [1.29, 1.82) is 0 Å². The Hall–Kier alpha value is -3.57. The molecule has 0 bridgehead atoms. The molecule has 1 amide bonds. The fourth-order valence-electron chi connectivity index (χ4n) is 4.46. The molecule has 1 N–H and O–H groups in total. The van der Waals surface area contributed by atoms with E-state index in [4.69, 9.17) is 16.3 Å². The van der Waals surface area contributed by atoms with E-state index in [0.29, 0.717) is 27.6 Å². The number of rotatable bonds is 5. The average Bonchev–Trinajstić information content (AvgIpc) is 3.10. The molecule has 3 aromatic rings. The van der Waals surface area contributed by atoms with E-state index >= 15 is 0 Å². The SMILES string of the molecule is Cc1ccc(N2C(=O)C(=O)/C(=C(/O)c3cccc(OC(C)C)c3)C2c2ccc(C(C)(C)C)cc2)cc1Cl. The van der Waals surface area contributed by atoms with E-state index in [0.717, 1.165) is 11.1 Å². The van der Waals surface area contributed by atoms with Crippen LogP contribution in [0.25, 0.3) is 5.76 Å². The number of amides is 1. The van der Waals surface area contributed by atoms with Crippen LogP contribution in [-0.4, -0.2) is 22.9 Å². The molecule has 4 rings (SSSR count). The Morgan fingerprint density at radius 2 is 1.68 bits per heavy atom. The number of hydrogen-bond donors (Lipinski definition) is 1. The molecule has 0 radical (unpaired) electrons. The topological polar surface area (TPSA) is 66.8 Å². The number of hydrogen-bond acceptors (Lipinski definition) is 4. The van der Waals surface area contributed by atoms with Crippen molar-refractivity contribution in [2.45, 2.75) is 59.1 Å².